The van der Waals surface area contributed by atoms with Crippen LogP contribution < -0.4 is 15.4 Å². The molecule has 4 rings (SSSR count). The highest BCUT2D eigenvalue weighted by molar-refractivity contribution is 5.90. The molecule has 1 aliphatic rings. The minimum atomic E-state index is -0.0463. The number of nitrogens with zero attached hydrogens (tertiary/aromatic N) is 2. The fourth-order valence-electron chi connectivity index (χ4n) is 4.48. The summed E-state index contributed by atoms with van der Waals surface area (Å²) in [6, 6.07) is 18.3. The number of hydrogen-bond donors (Lipinski definition) is 2. The zero-order valence-electron chi connectivity index (χ0n) is 21.5. The number of anilines is 1. The van der Waals surface area contributed by atoms with Crippen LogP contribution in [0.5, 0.6) is 5.75 Å². The molecule has 0 radical (unpaired) electrons. The van der Waals surface area contributed by atoms with E-state index < -0.39 is 0 Å². The Labute approximate surface area is 219 Å². The number of carbonyl (C=O) groups excluding carboxylic acids is 2. The second-order valence-electron chi connectivity index (χ2n) is 9.63. The van der Waals surface area contributed by atoms with Crippen LogP contribution in [0, 0.1) is 6.92 Å². The molecule has 2 heterocycles. The summed E-state index contributed by atoms with van der Waals surface area (Å²) in [5.74, 6) is 0.836. The Morgan fingerprint density at radius 2 is 1.89 bits per heavy atom. The molecule has 0 unspecified atom stereocenters. The van der Waals surface area contributed by atoms with Gasteiger partial charge in [0.25, 0.3) is 0 Å². The minimum Gasteiger partial charge on any atom is -0.493 e. The standard InChI is InChI=1S/C30H36N4O3/c1-23-16-27(19-31-18-23)33-29(35)13-11-24-10-12-28-26(17-24)21-34(20-25-8-4-2-5-9-25)22-30(36)32-14-6-3-7-15-37-28/h2,4-5,8-10,12,16-19H,3,6-7,11,13-15,20-22H2,1H3,(H,32,36)(H,33,35). The predicted octanol–water partition coefficient (Wildman–Crippen LogP) is 4.64. The Bertz CT molecular complexity index is 1180. The van der Waals surface area contributed by atoms with Gasteiger partial charge in [0.1, 0.15) is 5.75 Å². The summed E-state index contributed by atoms with van der Waals surface area (Å²) >= 11 is 0. The molecule has 2 N–H and O–H groups in total. The van der Waals surface area contributed by atoms with E-state index in [1.807, 2.05) is 43.3 Å². The van der Waals surface area contributed by atoms with Crippen LogP contribution in [0.4, 0.5) is 5.69 Å². The van der Waals surface area contributed by atoms with Crippen LogP contribution in [0.1, 0.15) is 47.9 Å². The largest absolute Gasteiger partial charge is 0.493 e. The lowest BCUT2D eigenvalue weighted by atomic mass is 10.0. The molecular weight excluding hydrogens is 464 g/mol. The Morgan fingerprint density at radius 1 is 1.03 bits per heavy atom. The van der Waals surface area contributed by atoms with Gasteiger partial charge in [-0.3, -0.25) is 19.5 Å². The average molecular weight is 501 g/mol. The molecular formula is C30H36N4O3. The topological polar surface area (TPSA) is 83.6 Å². The highest BCUT2D eigenvalue weighted by Crippen LogP contribution is 2.24. The average Bonchev–Trinajstić information content (AvgIpc) is 2.89. The van der Waals surface area contributed by atoms with Gasteiger partial charge in [-0.1, -0.05) is 42.5 Å². The number of hydrogen-bond acceptors (Lipinski definition) is 5. The van der Waals surface area contributed by atoms with Gasteiger partial charge in [-0.2, -0.15) is 0 Å². The first kappa shape index (κ1) is 26.4. The quantitative estimate of drug-likeness (QED) is 0.515. The maximum absolute atomic E-state index is 12.7. The van der Waals surface area contributed by atoms with Gasteiger partial charge in [0, 0.05) is 37.8 Å². The van der Waals surface area contributed by atoms with Gasteiger partial charge >= 0.3 is 0 Å². The Morgan fingerprint density at radius 3 is 2.73 bits per heavy atom. The first-order valence-electron chi connectivity index (χ1n) is 13.0. The van der Waals surface area contributed by atoms with Crippen molar-refractivity contribution in [1.29, 1.82) is 0 Å². The number of ether oxygens (including phenoxy) is 1. The van der Waals surface area contributed by atoms with Gasteiger partial charge in [-0.15, -0.1) is 0 Å². The third-order valence-electron chi connectivity index (χ3n) is 6.34. The Balaban J connectivity index is 1.49. The van der Waals surface area contributed by atoms with Crippen LogP contribution in [-0.4, -0.2) is 41.4 Å². The number of amides is 2. The summed E-state index contributed by atoms with van der Waals surface area (Å²) in [4.78, 5) is 31.5. The first-order valence-corrected chi connectivity index (χ1v) is 13.0. The minimum absolute atomic E-state index is 0.0381. The summed E-state index contributed by atoms with van der Waals surface area (Å²) in [5, 5.41) is 5.99. The summed E-state index contributed by atoms with van der Waals surface area (Å²) in [7, 11) is 0. The van der Waals surface area contributed by atoms with E-state index in [0.29, 0.717) is 51.3 Å². The van der Waals surface area contributed by atoms with Crippen molar-refractivity contribution in [2.24, 2.45) is 0 Å². The van der Waals surface area contributed by atoms with Crippen molar-refractivity contribution >= 4 is 17.5 Å². The molecule has 1 aliphatic heterocycles. The number of rotatable bonds is 6. The lowest BCUT2D eigenvalue weighted by molar-refractivity contribution is -0.122. The van der Waals surface area contributed by atoms with E-state index in [1.54, 1.807) is 12.4 Å². The zero-order chi connectivity index (χ0) is 25.9. The molecule has 7 heteroatoms. The Kier molecular flexibility index (Phi) is 9.66. The smallest absolute Gasteiger partial charge is 0.234 e. The molecule has 0 fully saturated rings. The number of benzene rings is 2. The first-order chi connectivity index (χ1) is 18.0. The lowest BCUT2D eigenvalue weighted by Crippen LogP contribution is -2.37. The van der Waals surface area contributed by atoms with Crippen LogP contribution in [-0.2, 0) is 29.1 Å². The lowest BCUT2D eigenvalue weighted by Gasteiger charge is -2.24. The number of fused-ring (bicyclic) bond motifs is 1. The maximum Gasteiger partial charge on any atom is 0.234 e. The molecule has 1 aromatic heterocycles. The molecule has 2 amide bonds. The van der Waals surface area contributed by atoms with Crippen molar-refractivity contribution in [3.63, 3.8) is 0 Å². The molecule has 0 bridgehead atoms. The van der Waals surface area contributed by atoms with Gasteiger partial charge < -0.3 is 15.4 Å². The van der Waals surface area contributed by atoms with E-state index in [2.05, 4.69) is 38.7 Å². The molecule has 0 atom stereocenters. The Hall–Kier alpha value is -3.71. The van der Waals surface area contributed by atoms with Crippen molar-refractivity contribution in [3.8, 4) is 5.75 Å². The van der Waals surface area contributed by atoms with E-state index >= 15 is 0 Å². The SMILES string of the molecule is Cc1cncc(NC(=O)CCc2ccc3c(c2)CN(Cc2ccccc2)CC(=O)NCCCCCO3)c1. The summed E-state index contributed by atoms with van der Waals surface area (Å²) in [6.07, 6.45) is 7.28. The normalized spacial score (nSPS) is 15.2. The van der Waals surface area contributed by atoms with Crippen molar-refractivity contribution in [3.05, 3.63) is 89.2 Å². The molecule has 3 aromatic rings. The second kappa shape index (κ2) is 13.6. The summed E-state index contributed by atoms with van der Waals surface area (Å²) < 4.78 is 6.18. The monoisotopic (exact) mass is 500 g/mol. The van der Waals surface area contributed by atoms with Crippen LogP contribution in [0.2, 0.25) is 0 Å². The number of pyridine rings is 1. The van der Waals surface area contributed by atoms with E-state index in [0.717, 1.165) is 47.3 Å². The maximum atomic E-state index is 12.7. The van der Waals surface area contributed by atoms with Crippen LogP contribution in [0.15, 0.2) is 67.0 Å². The highest BCUT2D eigenvalue weighted by Gasteiger charge is 2.16. The van der Waals surface area contributed by atoms with E-state index in [4.69, 9.17) is 4.74 Å². The van der Waals surface area contributed by atoms with Crippen LogP contribution in [0.25, 0.3) is 0 Å². The van der Waals surface area contributed by atoms with E-state index in [-0.39, 0.29) is 11.8 Å². The van der Waals surface area contributed by atoms with Crippen LogP contribution >= 0.6 is 0 Å². The fraction of sp³-hybridized carbons (Fsp3) is 0.367. The second-order valence-corrected chi connectivity index (χ2v) is 9.63. The third kappa shape index (κ3) is 8.72. The highest BCUT2D eigenvalue weighted by atomic mass is 16.5. The van der Waals surface area contributed by atoms with E-state index in [1.165, 1.54) is 0 Å². The van der Waals surface area contributed by atoms with Gasteiger partial charge in [-0.05, 0) is 61.4 Å². The number of nitrogens with one attached hydrogen (secondary N) is 2. The van der Waals surface area contributed by atoms with Gasteiger partial charge in [-0.25, -0.2) is 0 Å². The van der Waals surface area contributed by atoms with Gasteiger partial charge in [0.05, 0.1) is 25.0 Å². The summed E-state index contributed by atoms with van der Waals surface area (Å²) in [5.41, 5.74) is 4.96. The fourth-order valence-corrected chi connectivity index (χ4v) is 4.48. The van der Waals surface area contributed by atoms with Gasteiger partial charge in [0.2, 0.25) is 11.8 Å². The van der Waals surface area contributed by atoms with Crippen molar-refractivity contribution in [2.45, 2.75) is 52.1 Å². The third-order valence-corrected chi connectivity index (χ3v) is 6.34. The molecule has 0 aliphatic carbocycles. The number of carbonyl (C=O) groups is 2. The molecule has 194 valence electrons. The van der Waals surface area contributed by atoms with Crippen molar-refractivity contribution in [1.82, 2.24) is 15.2 Å². The zero-order valence-corrected chi connectivity index (χ0v) is 21.5. The van der Waals surface area contributed by atoms with Gasteiger partial charge in [0.15, 0.2) is 0 Å². The number of aryl methyl sites for hydroxylation is 2. The molecule has 0 saturated heterocycles. The number of aromatic nitrogens is 1. The van der Waals surface area contributed by atoms with Crippen molar-refractivity contribution < 1.29 is 14.3 Å². The van der Waals surface area contributed by atoms with E-state index in [9.17, 15) is 9.59 Å². The molecule has 37 heavy (non-hydrogen) atoms. The molecule has 2 aromatic carbocycles. The molecule has 0 spiro atoms. The molecule has 7 nitrogen and oxygen atoms in total. The van der Waals surface area contributed by atoms with Crippen molar-refractivity contribution in [2.75, 3.05) is 25.0 Å². The molecule has 0 saturated carbocycles. The van der Waals surface area contributed by atoms with Crippen LogP contribution in [0.3, 0.4) is 0 Å². The summed E-state index contributed by atoms with van der Waals surface area (Å²) in [6.45, 7) is 4.83. The predicted molar refractivity (Wildman–Crippen MR) is 145 cm³/mol.